The number of piperidine rings is 1. The van der Waals surface area contributed by atoms with Gasteiger partial charge in [-0.2, -0.15) is 23.1 Å². The Kier molecular flexibility index (Phi) is 8.91. The topological polar surface area (TPSA) is 74.7 Å². The SMILES string of the molecule is O=C(O)CCCSCCN1C(=O)CCCC1=CCC(=O)Cc1ccsc1. The summed E-state index contributed by atoms with van der Waals surface area (Å²) in [5.41, 5.74) is 2.01. The molecule has 0 radical (unpaired) electrons. The van der Waals surface area contributed by atoms with Crippen molar-refractivity contribution in [1.82, 2.24) is 4.90 Å². The fourth-order valence-electron chi connectivity index (χ4n) is 2.84. The number of aliphatic carboxylic acids is 1. The first-order valence-corrected chi connectivity index (χ1v) is 11.0. The van der Waals surface area contributed by atoms with Crippen molar-refractivity contribution >= 4 is 40.8 Å². The van der Waals surface area contributed by atoms with E-state index in [4.69, 9.17) is 5.11 Å². The predicted octanol–water partition coefficient (Wildman–Crippen LogP) is 3.74. The molecule has 1 saturated heterocycles. The number of ketones is 1. The Labute approximate surface area is 162 Å². The molecule has 1 fully saturated rings. The van der Waals surface area contributed by atoms with Gasteiger partial charge in [0, 0.05) is 43.7 Å². The second kappa shape index (κ2) is 11.2. The molecule has 0 aromatic carbocycles. The largest absolute Gasteiger partial charge is 0.481 e. The zero-order valence-electron chi connectivity index (χ0n) is 14.8. The Balaban J connectivity index is 1.79. The van der Waals surface area contributed by atoms with Crippen LogP contribution in [0.3, 0.4) is 0 Å². The zero-order chi connectivity index (χ0) is 18.8. The van der Waals surface area contributed by atoms with Crippen LogP contribution in [-0.2, 0) is 20.8 Å². The summed E-state index contributed by atoms with van der Waals surface area (Å²) in [5, 5.41) is 12.6. The molecule has 1 amide bonds. The number of amides is 1. The molecule has 0 unspecified atom stereocenters. The maximum atomic E-state index is 12.2. The van der Waals surface area contributed by atoms with Crippen LogP contribution in [0.5, 0.6) is 0 Å². The molecule has 2 rings (SSSR count). The minimum atomic E-state index is -0.769. The van der Waals surface area contributed by atoms with E-state index in [1.54, 1.807) is 23.1 Å². The monoisotopic (exact) mass is 395 g/mol. The molecule has 1 aliphatic rings. The Morgan fingerprint density at radius 3 is 2.88 bits per heavy atom. The molecule has 7 heteroatoms. The van der Waals surface area contributed by atoms with E-state index < -0.39 is 5.97 Å². The van der Waals surface area contributed by atoms with Crippen LogP contribution in [0.2, 0.25) is 0 Å². The van der Waals surface area contributed by atoms with Crippen molar-refractivity contribution in [3.63, 3.8) is 0 Å². The minimum Gasteiger partial charge on any atom is -0.481 e. The third-order valence-corrected chi connectivity index (χ3v) is 5.94. The van der Waals surface area contributed by atoms with E-state index in [1.165, 1.54) is 0 Å². The molecule has 1 aliphatic heterocycles. The second-order valence-corrected chi connectivity index (χ2v) is 8.26. The molecule has 1 N–H and O–H groups in total. The van der Waals surface area contributed by atoms with Crippen molar-refractivity contribution in [3.8, 4) is 0 Å². The first-order valence-electron chi connectivity index (χ1n) is 8.88. The fourth-order valence-corrected chi connectivity index (χ4v) is 4.37. The van der Waals surface area contributed by atoms with Crippen molar-refractivity contribution in [2.24, 2.45) is 0 Å². The van der Waals surface area contributed by atoms with Gasteiger partial charge in [0.25, 0.3) is 0 Å². The lowest BCUT2D eigenvalue weighted by Crippen LogP contribution is -2.35. The van der Waals surface area contributed by atoms with Gasteiger partial charge in [0.1, 0.15) is 5.78 Å². The quantitative estimate of drug-likeness (QED) is 0.578. The van der Waals surface area contributed by atoms with Gasteiger partial charge in [-0.3, -0.25) is 14.4 Å². The third kappa shape index (κ3) is 7.33. The molecular formula is C19H25NO4S2. The van der Waals surface area contributed by atoms with Crippen molar-refractivity contribution in [3.05, 3.63) is 34.2 Å². The molecule has 26 heavy (non-hydrogen) atoms. The highest BCUT2D eigenvalue weighted by Crippen LogP contribution is 2.23. The molecule has 142 valence electrons. The van der Waals surface area contributed by atoms with Gasteiger partial charge >= 0.3 is 5.97 Å². The summed E-state index contributed by atoms with van der Waals surface area (Å²) in [4.78, 5) is 36.7. The summed E-state index contributed by atoms with van der Waals surface area (Å²) in [7, 11) is 0. The van der Waals surface area contributed by atoms with Gasteiger partial charge in [-0.05, 0) is 47.4 Å². The van der Waals surface area contributed by atoms with Crippen LogP contribution >= 0.6 is 23.1 Å². The standard InChI is InChI=1S/C19H25NO4S2/c21-17(13-15-8-11-26-14-15)7-6-16-3-1-4-18(22)20(16)9-12-25-10-2-5-19(23)24/h6,8,11,14H,1-5,7,9-10,12-13H2,(H,23,24). The van der Waals surface area contributed by atoms with Crippen LogP contribution < -0.4 is 0 Å². The molecule has 0 spiro atoms. The number of carbonyl (C=O) groups excluding carboxylic acids is 2. The van der Waals surface area contributed by atoms with E-state index in [0.717, 1.165) is 35.6 Å². The Morgan fingerprint density at radius 1 is 1.31 bits per heavy atom. The lowest BCUT2D eigenvalue weighted by atomic mass is 10.0. The smallest absolute Gasteiger partial charge is 0.303 e. The summed E-state index contributed by atoms with van der Waals surface area (Å²) in [6.45, 7) is 0.626. The first-order chi connectivity index (χ1) is 12.6. The summed E-state index contributed by atoms with van der Waals surface area (Å²) in [5.74, 6) is 1.09. The average molecular weight is 396 g/mol. The Morgan fingerprint density at radius 2 is 2.15 bits per heavy atom. The number of thiophene rings is 1. The molecular weight excluding hydrogens is 370 g/mol. The predicted molar refractivity (Wildman–Crippen MR) is 105 cm³/mol. The van der Waals surface area contributed by atoms with E-state index >= 15 is 0 Å². The van der Waals surface area contributed by atoms with Gasteiger partial charge < -0.3 is 10.0 Å². The van der Waals surface area contributed by atoms with Crippen LogP contribution in [0.15, 0.2) is 28.6 Å². The number of nitrogens with zero attached hydrogens (tertiary/aromatic N) is 1. The Hall–Kier alpha value is -1.60. The number of hydrogen-bond acceptors (Lipinski definition) is 5. The fraction of sp³-hybridized carbons (Fsp3) is 0.526. The summed E-state index contributed by atoms with van der Waals surface area (Å²) in [6.07, 6.45) is 5.79. The van der Waals surface area contributed by atoms with Crippen molar-refractivity contribution < 1.29 is 19.5 Å². The van der Waals surface area contributed by atoms with Crippen molar-refractivity contribution in [2.45, 2.75) is 44.9 Å². The highest BCUT2D eigenvalue weighted by Gasteiger charge is 2.22. The molecule has 2 heterocycles. The van der Waals surface area contributed by atoms with E-state index in [-0.39, 0.29) is 18.1 Å². The average Bonchev–Trinajstić information content (AvgIpc) is 3.10. The number of carboxylic acid groups (broad SMARTS) is 1. The van der Waals surface area contributed by atoms with E-state index in [1.807, 2.05) is 27.8 Å². The highest BCUT2D eigenvalue weighted by molar-refractivity contribution is 7.99. The molecule has 0 saturated carbocycles. The van der Waals surface area contributed by atoms with Crippen LogP contribution in [0.25, 0.3) is 0 Å². The number of rotatable bonds is 11. The molecule has 1 aromatic heterocycles. The summed E-state index contributed by atoms with van der Waals surface area (Å²) in [6, 6.07) is 1.97. The highest BCUT2D eigenvalue weighted by atomic mass is 32.2. The van der Waals surface area contributed by atoms with Crippen LogP contribution in [0.4, 0.5) is 0 Å². The minimum absolute atomic E-state index is 0.124. The van der Waals surface area contributed by atoms with Crippen LogP contribution in [-0.4, -0.2) is 45.7 Å². The van der Waals surface area contributed by atoms with Gasteiger partial charge in [0.15, 0.2) is 0 Å². The maximum absolute atomic E-state index is 12.2. The third-order valence-electron chi connectivity index (χ3n) is 4.16. The van der Waals surface area contributed by atoms with Gasteiger partial charge in [0.2, 0.25) is 5.91 Å². The Bertz CT molecular complexity index is 640. The molecule has 1 aromatic rings. The van der Waals surface area contributed by atoms with E-state index in [9.17, 15) is 14.4 Å². The van der Waals surface area contributed by atoms with Gasteiger partial charge in [0.05, 0.1) is 0 Å². The number of Topliss-reactive ketones (excluding diaryl/α,β-unsaturated/α-hetero) is 1. The molecule has 5 nitrogen and oxygen atoms in total. The number of carboxylic acids is 1. The van der Waals surface area contributed by atoms with Crippen molar-refractivity contribution in [2.75, 3.05) is 18.1 Å². The number of hydrogen-bond donors (Lipinski definition) is 1. The normalized spacial score (nSPS) is 16.2. The second-order valence-electron chi connectivity index (χ2n) is 6.26. The lowest BCUT2D eigenvalue weighted by Gasteiger charge is -2.29. The van der Waals surface area contributed by atoms with Crippen LogP contribution in [0.1, 0.15) is 44.1 Å². The number of carbonyl (C=O) groups is 3. The maximum Gasteiger partial charge on any atom is 0.303 e. The molecule has 0 bridgehead atoms. The summed E-state index contributed by atoms with van der Waals surface area (Å²) >= 11 is 3.26. The summed E-state index contributed by atoms with van der Waals surface area (Å²) < 4.78 is 0. The van der Waals surface area contributed by atoms with Crippen molar-refractivity contribution in [1.29, 1.82) is 0 Å². The molecule has 0 atom stereocenters. The lowest BCUT2D eigenvalue weighted by molar-refractivity contribution is -0.137. The van der Waals surface area contributed by atoms with Crippen LogP contribution in [0, 0.1) is 0 Å². The first kappa shape index (κ1) is 20.7. The van der Waals surface area contributed by atoms with E-state index in [2.05, 4.69) is 0 Å². The molecule has 0 aliphatic carbocycles. The van der Waals surface area contributed by atoms with Gasteiger partial charge in [-0.25, -0.2) is 0 Å². The van der Waals surface area contributed by atoms with Gasteiger partial charge in [-0.15, -0.1) is 0 Å². The number of allylic oxidation sites excluding steroid dienone is 2. The number of likely N-dealkylation sites (tertiary alicyclic amines) is 1. The van der Waals surface area contributed by atoms with Gasteiger partial charge in [-0.1, -0.05) is 6.08 Å². The zero-order valence-corrected chi connectivity index (χ0v) is 16.4. The number of thioether (sulfide) groups is 1. The van der Waals surface area contributed by atoms with E-state index in [0.29, 0.717) is 32.2 Å².